The molecule has 0 spiro atoms. The number of aliphatic hydroxyl groups excluding tert-OH is 1. The number of carbonyl (C=O) groups is 1. The molecule has 1 unspecified atom stereocenters. The van der Waals surface area contributed by atoms with Gasteiger partial charge in [0.2, 0.25) is 0 Å². The van der Waals surface area contributed by atoms with Gasteiger partial charge in [0.05, 0.1) is 17.2 Å². The lowest BCUT2D eigenvalue weighted by Gasteiger charge is -2.29. The van der Waals surface area contributed by atoms with Crippen LogP contribution in [0.3, 0.4) is 0 Å². The van der Waals surface area contributed by atoms with E-state index in [1.54, 1.807) is 27.0 Å². The predicted molar refractivity (Wildman–Crippen MR) is 86.9 cm³/mol. The summed E-state index contributed by atoms with van der Waals surface area (Å²) in [6.07, 6.45) is 1.04. The highest BCUT2D eigenvalue weighted by Gasteiger charge is 2.27. The van der Waals surface area contributed by atoms with Crippen molar-refractivity contribution in [1.82, 2.24) is 10.3 Å². The maximum atomic E-state index is 12.4. The number of fused-ring (bicyclic) bond motifs is 1. The summed E-state index contributed by atoms with van der Waals surface area (Å²) in [6.45, 7) is 5.23. The van der Waals surface area contributed by atoms with E-state index in [2.05, 4.69) is 42.2 Å². The van der Waals surface area contributed by atoms with Gasteiger partial charge in [-0.15, -0.1) is 0 Å². The minimum Gasteiger partial charge on any atom is -0.391 e. The van der Waals surface area contributed by atoms with Crippen molar-refractivity contribution in [3.05, 3.63) is 32.8 Å². The van der Waals surface area contributed by atoms with Crippen molar-refractivity contribution in [2.24, 2.45) is 0 Å². The molecule has 0 saturated heterocycles. The summed E-state index contributed by atoms with van der Waals surface area (Å²) in [4.78, 5) is 15.4. The van der Waals surface area contributed by atoms with Crippen molar-refractivity contribution < 1.29 is 9.90 Å². The molecule has 0 aliphatic carbocycles. The molecule has 108 valence electrons. The Morgan fingerprint density at radius 3 is 2.55 bits per heavy atom. The van der Waals surface area contributed by atoms with E-state index in [-0.39, 0.29) is 5.91 Å². The summed E-state index contributed by atoms with van der Waals surface area (Å²) in [6, 6.07) is 3.80. The van der Waals surface area contributed by atoms with E-state index in [1.807, 2.05) is 12.1 Å². The molecule has 2 rings (SSSR count). The standard InChI is InChI=1S/C14H16Br2N2O2/c1-7(19)14(2,3)18-13(20)9-6-17-12-5-11(16)10(15)4-8(9)12/h4-7,17,19H,1-3H3,(H,18,20). The van der Waals surface area contributed by atoms with Crippen LogP contribution in [-0.4, -0.2) is 27.6 Å². The first-order valence-electron chi connectivity index (χ1n) is 6.19. The fraction of sp³-hybridized carbons (Fsp3) is 0.357. The van der Waals surface area contributed by atoms with Crippen LogP contribution in [0.1, 0.15) is 31.1 Å². The fourth-order valence-electron chi connectivity index (χ4n) is 1.77. The minimum atomic E-state index is -0.687. The Morgan fingerprint density at radius 1 is 1.35 bits per heavy atom. The van der Waals surface area contributed by atoms with Gasteiger partial charge in [-0.3, -0.25) is 4.79 Å². The number of hydrogen-bond acceptors (Lipinski definition) is 2. The van der Waals surface area contributed by atoms with Crippen LogP contribution in [0.4, 0.5) is 0 Å². The van der Waals surface area contributed by atoms with Crippen LogP contribution in [-0.2, 0) is 0 Å². The molecule has 6 heteroatoms. The van der Waals surface area contributed by atoms with Crippen molar-refractivity contribution in [2.45, 2.75) is 32.4 Å². The molecule has 1 amide bonds. The van der Waals surface area contributed by atoms with E-state index < -0.39 is 11.6 Å². The number of aromatic amines is 1. The van der Waals surface area contributed by atoms with Gasteiger partial charge in [0, 0.05) is 26.0 Å². The van der Waals surface area contributed by atoms with Gasteiger partial charge in [-0.25, -0.2) is 0 Å². The Labute approximate surface area is 134 Å². The molecule has 2 aromatic rings. The van der Waals surface area contributed by atoms with Gasteiger partial charge in [-0.1, -0.05) is 0 Å². The SMILES string of the molecule is CC(O)C(C)(C)NC(=O)c1c[nH]c2cc(Br)c(Br)cc12. The van der Waals surface area contributed by atoms with Crippen molar-refractivity contribution in [3.8, 4) is 0 Å². The van der Waals surface area contributed by atoms with Crippen LogP contribution in [0.25, 0.3) is 10.9 Å². The fourth-order valence-corrected chi connectivity index (χ4v) is 2.46. The highest BCUT2D eigenvalue weighted by atomic mass is 79.9. The number of halogens is 2. The number of benzene rings is 1. The predicted octanol–water partition coefficient (Wildman–Crippen LogP) is 3.58. The average molecular weight is 404 g/mol. The molecule has 0 fully saturated rings. The van der Waals surface area contributed by atoms with Crippen molar-refractivity contribution in [3.63, 3.8) is 0 Å². The Morgan fingerprint density at radius 2 is 1.95 bits per heavy atom. The highest BCUT2D eigenvalue weighted by Crippen LogP contribution is 2.30. The number of aliphatic hydroxyl groups is 1. The molecular weight excluding hydrogens is 388 g/mol. The summed E-state index contributed by atoms with van der Waals surface area (Å²) < 4.78 is 1.80. The number of hydrogen-bond donors (Lipinski definition) is 3. The summed E-state index contributed by atoms with van der Waals surface area (Å²) in [5, 5.41) is 13.4. The van der Waals surface area contributed by atoms with Crippen molar-refractivity contribution in [1.29, 1.82) is 0 Å². The zero-order valence-corrected chi connectivity index (χ0v) is 14.6. The van der Waals surface area contributed by atoms with Crippen LogP contribution in [0, 0.1) is 0 Å². The van der Waals surface area contributed by atoms with Crippen LogP contribution in [0.5, 0.6) is 0 Å². The second-order valence-electron chi connectivity index (χ2n) is 5.37. The topological polar surface area (TPSA) is 65.1 Å². The van der Waals surface area contributed by atoms with Gasteiger partial charge >= 0.3 is 0 Å². The molecule has 1 aromatic heterocycles. The molecule has 3 N–H and O–H groups in total. The van der Waals surface area contributed by atoms with Crippen LogP contribution < -0.4 is 5.32 Å². The van der Waals surface area contributed by atoms with Gasteiger partial charge in [0.15, 0.2) is 0 Å². The summed E-state index contributed by atoms with van der Waals surface area (Å²) in [7, 11) is 0. The first kappa shape index (κ1) is 15.5. The van der Waals surface area contributed by atoms with Crippen LogP contribution in [0.15, 0.2) is 27.3 Å². The van der Waals surface area contributed by atoms with Crippen molar-refractivity contribution >= 4 is 48.7 Å². The average Bonchev–Trinajstić information content (AvgIpc) is 2.72. The molecule has 0 aliphatic heterocycles. The summed E-state index contributed by atoms with van der Waals surface area (Å²) in [5.41, 5.74) is 0.745. The number of amides is 1. The normalized spacial score (nSPS) is 13.5. The molecule has 0 saturated carbocycles. The lowest BCUT2D eigenvalue weighted by atomic mass is 9.98. The summed E-state index contributed by atoms with van der Waals surface area (Å²) in [5.74, 6) is -0.212. The maximum absolute atomic E-state index is 12.4. The molecule has 1 atom stereocenters. The smallest absolute Gasteiger partial charge is 0.253 e. The molecule has 0 aliphatic rings. The maximum Gasteiger partial charge on any atom is 0.253 e. The van der Waals surface area contributed by atoms with Gasteiger partial charge in [-0.2, -0.15) is 0 Å². The molecule has 0 bridgehead atoms. The Hall–Kier alpha value is -0.850. The molecule has 4 nitrogen and oxygen atoms in total. The van der Waals surface area contributed by atoms with Crippen LogP contribution in [0.2, 0.25) is 0 Å². The van der Waals surface area contributed by atoms with Gasteiger partial charge in [0.25, 0.3) is 5.91 Å². The molecule has 0 radical (unpaired) electrons. The molecular formula is C14H16Br2N2O2. The number of H-pyrrole nitrogens is 1. The third kappa shape index (κ3) is 2.92. The second-order valence-corrected chi connectivity index (χ2v) is 7.07. The first-order valence-corrected chi connectivity index (χ1v) is 7.77. The third-order valence-electron chi connectivity index (χ3n) is 3.45. The number of nitrogens with one attached hydrogen (secondary N) is 2. The monoisotopic (exact) mass is 402 g/mol. The van der Waals surface area contributed by atoms with Crippen molar-refractivity contribution in [2.75, 3.05) is 0 Å². The van der Waals surface area contributed by atoms with Crippen LogP contribution >= 0.6 is 31.9 Å². The Kier molecular flexibility index (Phi) is 4.27. The molecule has 20 heavy (non-hydrogen) atoms. The van der Waals surface area contributed by atoms with Gasteiger partial charge in [-0.05, 0) is 64.8 Å². The molecule has 1 aromatic carbocycles. The number of carbonyl (C=O) groups excluding carboxylic acids is 1. The quantitative estimate of drug-likeness (QED) is 0.733. The van der Waals surface area contributed by atoms with Gasteiger partial charge < -0.3 is 15.4 Å². The largest absolute Gasteiger partial charge is 0.391 e. The van der Waals surface area contributed by atoms with E-state index >= 15 is 0 Å². The lowest BCUT2D eigenvalue weighted by molar-refractivity contribution is 0.0711. The minimum absolute atomic E-state index is 0.212. The van der Waals surface area contributed by atoms with Gasteiger partial charge in [0.1, 0.15) is 0 Å². The first-order chi connectivity index (χ1) is 9.22. The zero-order valence-electron chi connectivity index (χ0n) is 11.4. The summed E-state index contributed by atoms with van der Waals surface area (Å²) >= 11 is 6.87. The Balaban J connectivity index is 2.39. The number of aromatic nitrogens is 1. The molecule has 1 heterocycles. The second kappa shape index (κ2) is 5.50. The number of rotatable bonds is 3. The van der Waals surface area contributed by atoms with E-state index in [0.717, 1.165) is 19.8 Å². The van der Waals surface area contributed by atoms with E-state index in [1.165, 1.54) is 0 Å². The Bertz CT molecular complexity index is 662. The third-order valence-corrected chi connectivity index (χ3v) is 5.29. The zero-order chi connectivity index (χ0) is 15.1. The van der Waals surface area contributed by atoms with E-state index in [9.17, 15) is 9.90 Å². The van der Waals surface area contributed by atoms with E-state index in [4.69, 9.17) is 0 Å². The van der Waals surface area contributed by atoms with E-state index in [0.29, 0.717) is 5.56 Å². The lowest BCUT2D eigenvalue weighted by Crippen LogP contribution is -2.50. The highest BCUT2D eigenvalue weighted by molar-refractivity contribution is 9.13.